The van der Waals surface area contributed by atoms with Crippen molar-refractivity contribution in [1.82, 2.24) is 0 Å². The quantitative estimate of drug-likeness (QED) is 0.814. The number of carbonyl (C=O) groups excluding carboxylic acids is 1. The van der Waals surface area contributed by atoms with Gasteiger partial charge in [-0.3, -0.25) is 4.79 Å². The van der Waals surface area contributed by atoms with Crippen LogP contribution in [0.4, 0.5) is 0 Å². The first-order valence-corrected chi connectivity index (χ1v) is 4.80. The lowest BCUT2D eigenvalue weighted by Gasteiger charge is -2.15. The number of carbonyl (C=O) groups is 1. The molecule has 1 amide bonds. The van der Waals surface area contributed by atoms with E-state index >= 15 is 0 Å². The van der Waals surface area contributed by atoms with Crippen LogP contribution in [0, 0.1) is 0 Å². The molecule has 0 aromatic heterocycles. The van der Waals surface area contributed by atoms with Crippen molar-refractivity contribution in [3.8, 4) is 5.75 Å². The Balaban J connectivity index is 3.05. The van der Waals surface area contributed by atoms with Crippen LogP contribution in [0.3, 0.4) is 0 Å². The Morgan fingerprint density at radius 1 is 1.60 bits per heavy atom. The number of hydrogen-bond acceptors (Lipinski definition) is 3. The fraction of sp³-hybridized carbons (Fsp3) is 0.300. The van der Waals surface area contributed by atoms with E-state index in [2.05, 4.69) is 0 Å². The molecule has 0 heterocycles. The van der Waals surface area contributed by atoms with E-state index in [1.807, 2.05) is 0 Å². The van der Waals surface area contributed by atoms with Crippen molar-refractivity contribution < 1.29 is 9.53 Å². The number of amides is 1. The first-order valence-electron chi connectivity index (χ1n) is 4.42. The second-order valence-electron chi connectivity index (χ2n) is 3.13. The molecule has 5 heteroatoms. The summed E-state index contributed by atoms with van der Waals surface area (Å²) >= 11 is 5.97. The standard InChI is InChI=1S/C10H13ClN2O2/c1-15-8-4-2-3-6(11)10(8)7(12)5-9(13)14/h2-4,7H,5,12H2,1H3,(H2,13,14)/t7-/m0/s1. The van der Waals surface area contributed by atoms with Gasteiger partial charge in [0, 0.05) is 23.0 Å². The molecule has 0 aliphatic heterocycles. The molecule has 0 radical (unpaired) electrons. The van der Waals surface area contributed by atoms with Crippen LogP contribution in [0.15, 0.2) is 18.2 Å². The van der Waals surface area contributed by atoms with Gasteiger partial charge in [0.15, 0.2) is 0 Å². The van der Waals surface area contributed by atoms with E-state index < -0.39 is 11.9 Å². The third-order valence-electron chi connectivity index (χ3n) is 2.02. The van der Waals surface area contributed by atoms with E-state index in [1.54, 1.807) is 18.2 Å². The van der Waals surface area contributed by atoms with Crippen molar-refractivity contribution in [1.29, 1.82) is 0 Å². The number of primary amides is 1. The highest BCUT2D eigenvalue weighted by molar-refractivity contribution is 6.31. The van der Waals surface area contributed by atoms with Crippen LogP contribution in [0.1, 0.15) is 18.0 Å². The van der Waals surface area contributed by atoms with Crippen LogP contribution in [0.2, 0.25) is 5.02 Å². The van der Waals surface area contributed by atoms with Gasteiger partial charge in [-0.05, 0) is 12.1 Å². The van der Waals surface area contributed by atoms with Gasteiger partial charge in [-0.2, -0.15) is 0 Å². The zero-order valence-electron chi connectivity index (χ0n) is 8.37. The van der Waals surface area contributed by atoms with Crippen molar-refractivity contribution in [2.45, 2.75) is 12.5 Å². The monoisotopic (exact) mass is 228 g/mol. The average molecular weight is 229 g/mol. The van der Waals surface area contributed by atoms with E-state index in [-0.39, 0.29) is 6.42 Å². The van der Waals surface area contributed by atoms with Gasteiger partial charge in [-0.15, -0.1) is 0 Å². The lowest BCUT2D eigenvalue weighted by Crippen LogP contribution is -2.21. The van der Waals surface area contributed by atoms with Crippen LogP contribution in [0.5, 0.6) is 5.75 Å². The summed E-state index contributed by atoms with van der Waals surface area (Å²) in [5.74, 6) is 0.0979. The predicted octanol–water partition coefficient (Wildman–Crippen LogP) is 1.22. The van der Waals surface area contributed by atoms with Crippen LogP contribution < -0.4 is 16.2 Å². The number of halogens is 1. The lowest BCUT2D eigenvalue weighted by atomic mass is 10.0. The number of methoxy groups -OCH3 is 1. The number of hydrogen-bond donors (Lipinski definition) is 2. The summed E-state index contributed by atoms with van der Waals surface area (Å²) in [6, 6.07) is 4.65. The fourth-order valence-electron chi connectivity index (χ4n) is 1.37. The van der Waals surface area contributed by atoms with Crippen molar-refractivity contribution >= 4 is 17.5 Å². The summed E-state index contributed by atoms with van der Waals surface area (Å²) in [5.41, 5.74) is 11.5. The number of rotatable bonds is 4. The fourth-order valence-corrected chi connectivity index (χ4v) is 1.68. The minimum Gasteiger partial charge on any atom is -0.496 e. The molecule has 1 atom stereocenters. The molecule has 0 bridgehead atoms. The zero-order valence-corrected chi connectivity index (χ0v) is 9.12. The molecule has 0 saturated carbocycles. The Kier molecular flexibility index (Phi) is 3.94. The minimum absolute atomic E-state index is 0.0418. The Morgan fingerprint density at radius 3 is 2.80 bits per heavy atom. The number of benzene rings is 1. The zero-order chi connectivity index (χ0) is 11.4. The van der Waals surface area contributed by atoms with Gasteiger partial charge in [0.05, 0.1) is 7.11 Å². The van der Waals surface area contributed by atoms with Gasteiger partial charge in [0.25, 0.3) is 0 Å². The van der Waals surface area contributed by atoms with Crippen LogP contribution in [0.25, 0.3) is 0 Å². The summed E-state index contributed by atoms with van der Waals surface area (Å²) in [5, 5.41) is 0.475. The molecule has 4 nitrogen and oxygen atoms in total. The summed E-state index contributed by atoms with van der Waals surface area (Å²) in [6.45, 7) is 0. The molecule has 82 valence electrons. The molecule has 1 aromatic carbocycles. The van der Waals surface area contributed by atoms with Crippen molar-refractivity contribution in [3.63, 3.8) is 0 Å². The van der Waals surface area contributed by atoms with Crippen LogP contribution in [-0.4, -0.2) is 13.0 Å². The molecule has 0 saturated heterocycles. The molecule has 0 spiro atoms. The number of nitrogens with two attached hydrogens (primary N) is 2. The normalized spacial score (nSPS) is 12.2. The largest absolute Gasteiger partial charge is 0.496 e. The highest BCUT2D eigenvalue weighted by Gasteiger charge is 2.17. The SMILES string of the molecule is COc1cccc(Cl)c1[C@@H](N)CC(N)=O. The van der Waals surface area contributed by atoms with E-state index in [0.29, 0.717) is 16.3 Å². The van der Waals surface area contributed by atoms with Crippen LogP contribution >= 0.6 is 11.6 Å². The molecule has 0 unspecified atom stereocenters. The van der Waals surface area contributed by atoms with E-state index in [0.717, 1.165) is 0 Å². The Hall–Kier alpha value is -1.26. The lowest BCUT2D eigenvalue weighted by molar-refractivity contribution is -0.118. The maximum absolute atomic E-state index is 10.8. The van der Waals surface area contributed by atoms with E-state index in [1.165, 1.54) is 7.11 Å². The van der Waals surface area contributed by atoms with Gasteiger partial charge in [0.1, 0.15) is 5.75 Å². The third-order valence-corrected chi connectivity index (χ3v) is 2.35. The summed E-state index contributed by atoms with van der Waals surface area (Å²) in [6.07, 6.45) is 0.0418. The molecular formula is C10H13ClN2O2. The van der Waals surface area contributed by atoms with E-state index in [4.69, 9.17) is 27.8 Å². The first kappa shape index (κ1) is 11.8. The molecule has 1 rings (SSSR count). The maximum atomic E-state index is 10.8. The Morgan fingerprint density at radius 2 is 2.27 bits per heavy atom. The summed E-state index contributed by atoms with van der Waals surface area (Å²) < 4.78 is 5.11. The Labute approximate surface area is 93.1 Å². The van der Waals surface area contributed by atoms with Gasteiger partial charge >= 0.3 is 0 Å². The van der Waals surface area contributed by atoms with Crippen molar-refractivity contribution in [3.05, 3.63) is 28.8 Å². The summed E-state index contributed by atoms with van der Waals surface area (Å²) in [7, 11) is 1.52. The summed E-state index contributed by atoms with van der Waals surface area (Å²) in [4.78, 5) is 10.8. The molecule has 15 heavy (non-hydrogen) atoms. The van der Waals surface area contributed by atoms with Crippen molar-refractivity contribution in [2.24, 2.45) is 11.5 Å². The second kappa shape index (κ2) is 5.00. The highest BCUT2D eigenvalue weighted by atomic mass is 35.5. The average Bonchev–Trinajstić information content (AvgIpc) is 2.15. The van der Waals surface area contributed by atoms with Gasteiger partial charge in [-0.25, -0.2) is 0 Å². The third kappa shape index (κ3) is 2.84. The minimum atomic E-state index is -0.536. The first-order chi connectivity index (χ1) is 7.06. The molecule has 1 aromatic rings. The predicted molar refractivity (Wildman–Crippen MR) is 58.7 cm³/mol. The topological polar surface area (TPSA) is 78.3 Å². The molecule has 0 fully saturated rings. The molecular weight excluding hydrogens is 216 g/mol. The van der Waals surface area contributed by atoms with Gasteiger partial charge in [-0.1, -0.05) is 17.7 Å². The van der Waals surface area contributed by atoms with Gasteiger partial charge in [0.2, 0.25) is 5.91 Å². The van der Waals surface area contributed by atoms with Crippen LogP contribution in [-0.2, 0) is 4.79 Å². The molecule has 0 aliphatic carbocycles. The van der Waals surface area contributed by atoms with E-state index in [9.17, 15) is 4.79 Å². The number of ether oxygens (including phenoxy) is 1. The maximum Gasteiger partial charge on any atom is 0.219 e. The molecule has 4 N–H and O–H groups in total. The second-order valence-corrected chi connectivity index (χ2v) is 3.54. The highest BCUT2D eigenvalue weighted by Crippen LogP contribution is 2.32. The Bertz CT molecular complexity index is 368. The van der Waals surface area contributed by atoms with Gasteiger partial charge < -0.3 is 16.2 Å². The molecule has 0 aliphatic rings. The smallest absolute Gasteiger partial charge is 0.219 e. The van der Waals surface area contributed by atoms with Crippen molar-refractivity contribution in [2.75, 3.05) is 7.11 Å².